The third-order valence-corrected chi connectivity index (χ3v) is 3.41. The molecule has 0 saturated carbocycles. The molecule has 0 aliphatic carbocycles. The number of rotatable bonds is 5. The van der Waals surface area contributed by atoms with Gasteiger partial charge in [-0.2, -0.15) is 5.10 Å². The van der Waals surface area contributed by atoms with Crippen molar-refractivity contribution in [2.45, 2.75) is 0 Å². The Morgan fingerprint density at radius 3 is 2.62 bits per heavy atom. The third-order valence-electron chi connectivity index (χ3n) is 3.41. The Bertz CT molecular complexity index is 874. The van der Waals surface area contributed by atoms with Crippen molar-refractivity contribution in [1.29, 1.82) is 0 Å². The molecule has 122 valence electrons. The highest BCUT2D eigenvalue weighted by molar-refractivity contribution is 5.70. The fourth-order valence-electron chi connectivity index (χ4n) is 2.22. The second-order valence-corrected chi connectivity index (χ2v) is 4.98. The lowest BCUT2D eigenvalue weighted by Gasteiger charge is -2.09. The Kier molecular flexibility index (Phi) is 4.02. The number of H-pyrrole nitrogens is 1. The molecule has 0 unspecified atom stereocenters. The van der Waals surface area contributed by atoms with Gasteiger partial charge in [-0.15, -0.1) is 0 Å². The van der Waals surface area contributed by atoms with E-state index in [9.17, 15) is 15.2 Å². The summed E-state index contributed by atoms with van der Waals surface area (Å²) in [6.45, 7) is 0. The second kappa shape index (κ2) is 6.29. The minimum absolute atomic E-state index is 0.0328. The summed E-state index contributed by atoms with van der Waals surface area (Å²) in [6, 6.07) is 12.6. The van der Waals surface area contributed by atoms with Crippen LogP contribution in [0.1, 0.15) is 0 Å². The Balaban J connectivity index is 1.82. The molecule has 8 nitrogen and oxygen atoms in total. The van der Waals surface area contributed by atoms with Crippen LogP contribution in [0.25, 0.3) is 11.3 Å². The van der Waals surface area contributed by atoms with Crippen molar-refractivity contribution in [1.82, 2.24) is 10.2 Å². The molecule has 0 bridgehead atoms. The van der Waals surface area contributed by atoms with E-state index in [4.69, 9.17) is 4.74 Å². The largest absolute Gasteiger partial charge is 0.508 e. The van der Waals surface area contributed by atoms with E-state index in [0.29, 0.717) is 22.9 Å². The number of ether oxygens (including phenoxy) is 1. The van der Waals surface area contributed by atoms with E-state index >= 15 is 0 Å². The molecule has 0 aliphatic rings. The molecule has 0 atom stereocenters. The summed E-state index contributed by atoms with van der Waals surface area (Å²) in [5, 5.41) is 30.3. The Morgan fingerprint density at radius 2 is 1.96 bits per heavy atom. The molecule has 0 radical (unpaired) electrons. The van der Waals surface area contributed by atoms with E-state index in [1.807, 2.05) is 0 Å². The number of benzene rings is 2. The van der Waals surface area contributed by atoms with Crippen molar-refractivity contribution in [3.05, 3.63) is 58.6 Å². The molecule has 0 saturated heterocycles. The van der Waals surface area contributed by atoms with Crippen LogP contribution >= 0.6 is 0 Å². The molecule has 0 amide bonds. The van der Waals surface area contributed by atoms with Gasteiger partial charge in [-0.25, -0.2) is 0 Å². The highest BCUT2D eigenvalue weighted by Gasteiger charge is 2.10. The van der Waals surface area contributed by atoms with Gasteiger partial charge in [0.15, 0.2) is 5.82 Å². The normalized spacial score (nSPS) is 10.4. The van der Waals surface area contributed by atoms with E-state index in [2.05, 4.69) is 15.5 Å². The fourth-order valence-corrected chi connectivity index (χ4v) is 2.22. The molecular formula is C16H14N4O4. The zero-order chi connectivity index (χ0) is 17.1. The van der Waals surface area contributed by atoms with Crippen molar-refractivity contribution in [3.8, 4) is 22.8 Å². The van der Waals surface area contributed by atoms with E-state index in [0.717, 1.165) is 5.56 Å². The van der Waals surface area contributed by atoms with Gasteiger partial charge in [0.1, 0.15) is 11.5 Å². The van der Waals surface area contributed by atoms with E-state index in [1.165, 1.54) is 31.4 Å². The van der Waals surface area contributed by atoms with E-state index < -0.39 is 4.92 Å². The Hall–Kier alpha value is -3.55. The molecule has 2 aromatic carbocycles. The molecule has 3 rings (SSSR count). The molecule has 0 aliphatic heterocycles. The molecule has 24 heavy (non-hydrogen) atoms. The van der Waals surface area contributed by atoms with Gasteiger partial charge in [0.05, 0.1) is 23.4 Å². The first kappa shape index (κ1) is 15.3. The van der Waals surface area contributed by atoms with Crippen molar-refractivity contribution in [2.24, 2.45) is 0 Å². The Morgan fingerprint density at radius 1 is 1.21 bits per heavy atom. The first-order chi connectivity index (χ1) is 11.6. The van der Waals surface area contributed by atoms with E-state index in [-0.39, 0.29) is 11.4 Å². The van der Waals surface area contributed by atoms with Gasteiger partial charge in [-0.1, -0.05) is 0 Å². The predicted octanol–water partition coefficient (Wildman–Crippen LogP) is 3.44. The molecule has 8 heteroatoms. The number of hydrogen-bond donors (Lipinski definition) is 3. The number of phenolic OH excluding ortho intramolecular Hbond substituents is 1. The standard InChI is InChI=1S/C16H14N4O4/c1-24-15-8-12(21)6-7-13(15)17-16-9-14(18-19-16)10-2-4-11(5-3-10)20(22)23/h2-9,21H,1H3,(H2,17,18,19). The van der Waals surface area contributed by atoms with Gasteiger partial charge in [-0.05, 0) is 24.3 Å². The van der Waals surface area contributed by atoms with Crippen LogP contribution in [0.4, 0.5) is 17.2 Å². The number of non-ortho nitro benzene ring substituents is 1. The lowest BCUT2D eigenvalue weighted by Crippen LogP contribution is -1.94. The maximum atomic E-state index is 10.7. The number of nitrogens with one attached hydrogen (secondary N) is 2. The minimum atomic E-state index is -0.444. The molecule has 1 heterocycles. The summed E-state index contributed by atoms with van der Waals surface area (Å²) in [5.74, 6) is 1.13. The zero-order valence-electron chi connectivity index (χ0n) is 12.7. The van der Waals surface area contributed by atoms with Crippen molar-refractivity contribution in [3.63, 3.8) is 0 Å². The van der Waals surface area contributed by atoms with Crippen LogP contribution in [0.3, 0.4) is 0 Å². The van der Waals surface area contributed by atoms with Crippen LogP contribution in [0.5, 0.6) is 11.5 Å². The number of methoxy groups -OCH3 is 1. The van der Waals surface area contributed by atoms with Gasteiger partial charge < -0.3 is 15.2 Å². The number of nitrogens with zero attached hydrogens (tertiary/aromatic N) is 2. The number of aromatic hydroxyl groups is 1. The average molecular weight is 326 g/mol. The topological polar surface area (TPSA) is 113 Å². The quantitative estimate of drug-likeness (QED) is 0.376. The predicted molar refractivity (Wildman–Crippen MR) is 88.6 cm³/mol. The summed E-state index contributed by atoms with van der Waals surface area (Å²) < 4.78 is 5.20. The van der Waals surface area contributed by atoms with Crippen molar-refractivity contribution >= 4 is 17.2 Å². The minimum Gasteiger partial charge on any atom is -0.508 e. The highest BCUT2D eigenvalue weighted by atomic mass is 16.6. The average Bonchev–Trinajstić information content (AvgIpc) is 3.05. The molecular weight excluding hydrogens is 312 g/mol. The van der Waals surface area contributed by atoms with Gasteiger partial charge in [0, 0.05) is 29.8 Å². The van der Waals surface area contributed by atoms with Crippen molar-refractivity contribution in [2.75, 3.05) is 12.4 Å². The van der Waals surface area contributed by atoms with Gasteiger partial charge in [0.2, 0.25) is 0 Å². The smallest absolute Gasteiger partial charge is 0.269 e. The number of aromatic nitrogens is 2. The Labute approximate surface area is 136 Å². The summed E-state index contributed by atoms with van der Waals surface area (Å²) in [4.78, 5) is 10.2. The summed E-state index contributed by atoms with van der Waals surface area (Å²) in [7, 11) is 1.51. The van der Waals surface area contributed by atoms with Crippen LogP contribution in [0.15, 0.2) is 48.5 Å². The summed E-state index contributed by atoms with van der Waals surface area (Å²) in [5.41, 5.74) is 2.17. The SMILES string of the molecule is COc1cc(O)ccc1Nc1cc(-c2ccc([N+](=O)[O-])cc2)[nH]n1. The van der Waals surface area contributed by atoms with Crippen LogP contribution in [-0.2, 0) is 0 Å². The van der Waals surface area contributed by atoms with Gasteiger partial charge in [-0.3, -0.25) is 15.2 Å². The first-order valence-corrected chi connectivity index (χ1v) is 7.01. The number of nitro groups is 1. The molecule has 3 aromatic rings. The fraction of sp³-hybridized carbons (Fsp3) is 0.0625. The van der Waals surface area contributed by atoms with Crippen LogP contribution in [-0.4, -0.2) is 27.3 Å². The summed E-state index contributed by atoms with van der Waals surface area (Å²) >= 11 is 0. The lowest BCUT2D eigenvalue weighted by molar-refractivity contribution is -0.384. The van der Waals surface area contributed by atoms with Crippen LogP contribution < -0.4 is 10.1 Å². The monoisotopic (exact) mass is 326 g/mol. The second-order valence-electron chi connectivity index (χ2n) is 4.98. The highest BCUT2D eigenvalue weighted by Crippen LogP contribution is 2.31. The summed E-state index contributed by atoms with van der Waals surface area (Å²) in [6.07, 6.45) is 0. The maximum Gasteiger partial charge on any atom is 0.269 e. The third kappa shape index (κ3) is 3.12. The molecule has 0 fully saturated rings. The number of aromatic amines is 1. The van der Waals surface area contributed by atoms with Crippen LogP contribution in [0, 0.1) is 10.1 Å². The van der Waals surface area contributed by atoms with E-state index in [1.54, 1.807) is 24.3 Å². The zero-order valence-corrected chi connectivity index (χ0v) is 12.7. The number of nitro benzene ring substituents is 1. The lowest BCUT2D eigenvalue weighted by atomic mass is 10.1. The van der Waals surface area contributed by atoms with Crippen LogP contribution in [0.2, 0.25) is 0 Å². The number of anilines is 2. The van der Waals surface area contributed by atoms with Crippen molar-refractivity contribution < 1.29 is 14.8 Å². The molecule has 0 spiro atoms. The molecule has 3 N–H and O–H groups in total. The van der Waals surface area contributed by atoms with Gasteiger partial charge >= 0.3 is 0 Å². The maximum absolute atomic E-state index is 10.7. The van der Waals surface area contributed by atoms with Gasteiger partial charge in [0.25, 0.3) is 5.69 Å². The first-order valence-electron chi connectivity index (χ1n) is 7.01. The molecule has 1 aromatic heterocycles. The number of phenols is 1. The number of hydrogen-bond acceptors (Lipinski definition) is 6.